The van der Waals surface area contributed by atoms with E-state index in [1.807, 2.05) is 19.1 Å². The van der Waals surface area contributed by atoms with Crippen LogP contribution in [0.15, 0.2) is 24.3 Å². The van der Waals surface area contributed by atoms with Crippen LogP contribution in [-0.4, -0.2) is 34.4 Å². The summed E-state index contributed by atoms with van der Waals surface area (Å²) in [5, 5.41) is 23.3. The maximum absolute atomic E-state index is 12.0. The van der Waals surface area contributed by atoms with Crippen LogP contribution in [0.5, 0.6) is 0 Å². The van der Waals surface area contributed by atoms with Gasteiger partial charge in [-0.05, 0) is 31.0 Å². The molecule has 0 atom stereocenters. The van der Waals surface area contributed by atoms with Crippen LogP contribution in [0.25, 0.3) is 0 Å². The molecule has 1 aromatic carbocycles. The van der Waals surface area contributed by atoms with E-state index in [1.165, 1.54) is 11.3 Å². The number of benzene rings is 1. The minimum atomic E-state index is -0.276. The second-order valence-corrected chi connectivity index (χ2v) is 5.04. The van der Waals surface area contributed by atoms with E-state index in [-0.39, 0.29) is 12.5 Å². The number of aliphatic hydroxyl groups excluding tert-OH is 1. The highest BCUT2D eigenvalue weighted by atomic mass is 32.1. The van der Waals surface area contributed by atoms with Crippen molar-refractivity contribution in [1.29, 1.82) is 0 Å². The second-order valence-electron chi connectivity index (χ2n) is 4.07. The van der Waals surface area contributed by atoms with Crippen molar-refractivity contribution in [2.24, 2.45) is 0 Å². The molecule has 0 bridgehead atoms. The van der Waals surface area contributed by atoms with Crippen LogP contribution in [0.4, 0.5) is 10.8 Å². The molecule has 106 valence electrons. The summed E-state index contributed by atoms with van der Waals surface area (Å²) >= 11 is 1.22. The Kier molecular flexibility index (Phi) is 5.03. The van der Waals surface area contributed by atoms with Gasteiger partial charge in [0.1, 0.15) is 0 Å². The van der Waals surface area contributed by atoms with Gasteiger partial charge < -0.3 is 15.7 Å². The van der Waals surface area contributed by atoms with Gasteiger partial charge in [-0.1, -0.05) is 23.5 Å². The Morgan fingerprint density at radius 1 is 1.30 bits per heavy atom. The molecular formula is C13H16N4O2S. The number of carbonyl (C=O) groups excluding carboxylic acids is 1. The lowest BCUT2D eigenvalue weighted by Gasteiger charge is -2.04. The smallest absolute Gasteiger partial charge is 0.286 e. The summed E-state index contributed by atoms with van der Waals surface area (Å²) in [5.41, 5.74) is 1.72. The van der Waals surface area contributed by atoms with Crippen LogP contribution in [0.3, 0.4) is 0 Å². The fraction of sp³-hybridized carbons (Fsp3) is 0.308. The maximum atomic E-state index is 12.0. The lowest BCUT2D eigenvalue weighted by molar-refractivity contribution is 0.102. The predicted molar refractivity (Wildman–Crippen MR) is 79.3 cm³/mol. The fourth-order valence-electron chi connectivity index (χ4n) is 1.61. The molecule has 0 aliphatic rings. The zero-order chi connectivity index (χ0) is 14.4. The summed E-state index contributed by atoms with van der Waals surface area (Å²) in [6.45, 7) is 2.81. The van der Waals surface area contributed by atoms with Crippen LogP contribution in [0.2, 0.25) is 0 Å². The van der Waals surface area contributed by atoms with Gasteiger partial charge in [-0.25, -0.2) is 0 Å². The standard InChI is InChI=1S/C13H16N4O2S/c1-2-14-13-17-16-12(20-13)11(19)15-10-5-3-9(4-6-10)7-8-18/h3-6,18H,2,7-8H2,1H3,(H,14,17)(H,15,19). The number of hydrogen-bond donors (Lipinski definition) is 3. The van der Waals surface area contributed by atoms with Gasteiger partial charge in [-0.3, -0.25) is 4.79 Å². The molecule has 2 rings (SSSR count). The van der Waals surface area contributed by atoms with Gasteiger partial charge >= 0.3 is 0 Å². The molecular weight excluding hydrogens is 276 g/mol. The summed E-state index contributed by atoms with van der Waals surface area (Å²) in [7, 11) is 0. The molecule has 1 amide bonds. The van der Waals surface area contributed by atoms with Gasteiger partial charge in [0.05, 0.1) is 0 Å². The quantitative estimate of drug-likeness (QED) is 0.755. The van der Waals surface area contributed by atoms with E-state index >= 15 is 0 Å². The first-order chi connectivity index (χ1) is 9.72. The molecule has 0 saturated heterocycles. The van der Waals surface area contributed by atoms with Gasteiger partial charge in [-0.2, -0.15) is 0 Å². The highest BCUT2D eigenvalue weighted by Gasteiger charge is 2.12. The molecule has 1 aromatic heterocycles. The molecule has 2 aromatic rings. The van der Waals surface area contributed by atoms with E-state index in [4.69, 9.17) is 5.11 Å². The number of aromatic nitrogens is 2. The van der Waals surface area contributed by atoms with Crippen molar-refractivity contribution in [3.63, 3.8) is 0 Å². The number of hydrogen-bond acceptors (Lipinski definition) is 6. The molecule has 3 N–H and O–H groups in total. The molecule has 0 unspecified atom stereocenters. The second kappa shape index (κ2) is 6.97. The molecule has 6 nitrogen and oxygen atoms in total. The molecule has 0 aliphatic heterocycles. The number of rotatable bonds is 6. The van der Waals surface area contributed by atoms with E-state index in [2.05, 4.69) is 20.8 Å². The third kappa shape index (κ3) is 3.75. The van der Waals surface area contributed by atoms with Gasteiger partial charge in [0.15, 0.2) is 0 Å². The molecule has 0 spiro atoms. The van der Waals surface area contributed by atoms with Crippen LogP contribution in [0.1, 0.15) is 22.3 Å². The Morgan fingerprint density at radius 3 is 2.70 bits per heavy atom. The van der Waals surface area contributed by atoms with Crippen molar-refractivity contribution in [2.45, 2.75) is 13.3 Å². The number of nitrogens with zero attached hydrogens (tertiary/aromatic N) is 2. The molecule has 0 saturated carbocycles. The monoisotopic (exact) mass is 292 g/mol. The Labute approximate surface area is 120 Å². The zero-order valence-corrected chi connectivity index (χ0v) is 11.9. The average molecular weight is 292 g/mol. The number of nitrogens with one attached hydrogen (secondary N) is 2. The highest BCUT2D eigenvalue weighted by molar-refractivity contribution is 7.17. The summed E-state index contributed by atoms with van der Waals surface area (Å²) < 4.78 is 0. The maximum Gasteiger partial charge on any atom is 0.286 e. The fourth-order valence-corrected chi connectivity index (χ4v) is 2.31. The van der Waals surface area contributed by atoms with Gasteiger partial charge in [0, 0.05) is 18.8 Å². The van der Waals surface area contributed by atoms with Crippen molar-refractivity contribution in [1.82, 2.24) is 10.2 Å². The van der Waals surface area contributed by atoms with E-state index < -0.39 is 0 Å². The largest absolute Gasteiger partial charge is 0.396 e. The van der Waals surface area contributed by atoms with Gasteiger partial charge in [0.25, 0.3) is 5.91 Å². The molecule has 1 heterocycles. The van der Waals surface area contributed by atoms with E-state index in [0.29, 0.717) is 22.2 Å². The Hall–Kier alpha value is -1.99. The van der Waals surface area contributed by atoms with Crippen molar-refractivity contribution in [3.8, 4) is 0 Å². The number of aliphatic hydroxyl groups is 1. The van der Waals surface area contributed by atoms with E-state index in [9.17, 15) is 4.79 Å². The number of amides is 1. The lowest BCUT2D eigenvalue weighted by atomic mass is 10.1. The van der Waals surface area contributed by atoms with Crippen molar-refractivity contribution < 1.29 is 9.90 Å². The third-order valence-electron chi connectivity index (χ3n) is 2.56. The average Bonchev–Trinajstić information content (AvgIpc) is 2.90. The van der Waals surface area contributed by atoms with Crippen LogP contribution >= 0.6 is 11.3 Å². The third-order valence-corrected chi connectivity index (χ3v) is 3.44. The topological polar surface area (TPSA) is 87.1 Å². The van der Waals surface area contributed by atoms with Crippen LogP contribution in [-0.2, 0) is 6.42 Å². The number of carbonyl (C=O) groups is 1. The Balaban J connectivity index is 1.99. The summed E-state index contributed by atoms with van der Waals surface area (Å²) in [6.07, 6.45) is 0.608. The summed E-state index contributed by atoms with van der Waals surface area (Å²) in [4.78, 5) is 12.0. The predicted octanol–water partition coefficient (Wildman–Crippen LogP) is 1.76. The minimum Gasteiger partial charge on any atom is -0.396 e. The summed E-state index contributed by atoms with van der Waals surface area (Å²) in [5.74, 6) is -0.276. The molecule has 7 heteroatoms. The Bertz CT molecular complexity index is 568. The molecule has 20 heavy (non-hydrogen) atoms. The lowest BCUT2D eigenvalue weighted by Crippen LogP contribution is -2.11. The first-order valence-electron chi connectivity index (χ1n) is 6.31. The van der Waals surface area contributed by atoms with E-state index in [1.54, 1.807) is 12.1 Å². The molecule has 0 aliphatic carbocycles. The van der Waals surface area contributed by atoms with Gasteiger partial charge in [-0.15, -0.1) is 10.2 Å². The number of anilines is 2. The SMILES string of the molecule is CCNc1nnc(C(=O)Nc2ccc(CCO)cc2)s1. The van der Waals surface area contributed by atoms with E-state index in [0.717, 1.165) is 12.1 Å². The molecule has 0 radical (unpaired) electrons. The van der Waals surface area contributed by atoms with Crippen LogP contribution in [0, 0.1) is 0 Å². The first-order valence-corrected chi connectivity index (χ1v) is 7.13. The minimum absolute atomic E-state index is 0.115. The van der Waals surface area contributed by atoms with Crippen molar-refractivity contribution >= 4 is 28.1 Å². The highest BCUT2D eigenvalue weighted by Crippen LogP contribution is 2.17. The molecule has 0 fully saturated rings. The normalized spacial score (nSPS) is 10.3. The van der Waals surface area contributed by atoms with Crippen molar-refractivity contribution in [3.05, 3.63) is 34.8 Å². The van der Waals surface area contributed by atoms with Crippen molar-refractivity contribution in [2.75, 3.05) is 23.8 Å². The van der Waals surface area contributed by atoms with Gasteiger partial charge in [0.2, 0.25) is 10.1 Å². The van der Waals surface area contributed by atoms with Crippen LogP contribution < -0.4 is 10.6 Å². The first kappa shape index (κ1) is 14.4. The summed E-state index contributed by atoms with van der Waals surface area (Å²) in [6, 6.07) is 7.34. The Morgan fingerprint density at radius 2 is 2.05 bits per heavy atom. The zero-order valence-electron chi connectivity index (χ0n) is 11.1.